The van der Waals surface area contributed by atoms with Crippen LogP contribution in [0.5, 0.6) is 11.5 Å². The average molecular weight is 655 g/mol. The third-order valence-corrected chi connectivity index (χ3v) is 7.97. The molecule has 0 spiro atoms. The largest absolute Gasteiger partial charge is 0.463 e. The second-order valence-electron chi connectivity index (χ2n) is 11.2. The van der Waals surface area contributed by atoms with Gasteiger partial charge in [0.2, 0.25) is 0 Å². The van der Waals surface area contributed by atoms with Crippen LogP contribution in [-0.4, -0.2) is 37.1 Å². The monoisotopic (exact) mass is 654 g/mol. The van der Waals surface area contributed by atoms with Gasteiger partial charge in [0.15, 0.2) is 0 Å². The summed E-state index contributed by atoms with van der Waals surface area (Å²) in [5, 5.41) is 0. The number of hydrogen-bond acceptors (Lipinski definition) is 8. The Hall–Kier alpha value is -6.20. The maximum absolute atomic E-state index is 12.9. The van der Waals surface area contributed by atoms with Gasteiger partial charge in [-0.1, -0.05) is 55.5 Å². The molecule has 0 atom stereocenters. The second kappa shape index (κ2) is 16.1. The average Bonchev–Trinajstić information content (AvgIpc) is 3.43. The van der Waals surface area contributed by atoms with Gasteiger partial charge in [0.1, 0.15) is 11.5 Å². The fraction of sp³-hybridized carbons (Fsp3) is 0.171. The summed E-state index contributed by atoms with van der Waals surface area (Å²) in [4.78, 5) is 48.2. The first-order chi connectivity index (χ1) is 23.8. The molecule has 0 saturated carbocycles. The fourth-order valence-corrected chi connectivity index (χ4v) is 5.49. The minimum Gasteiger partial charge on any atom is -0.463 e. The minimum absolute atomic E-state index is 0.289. The maximum atomic E-state index is 12.9. The van der Waals surface area contributed by atoms with Crippen LogP contribution in [-0.2, 0) is 31.9 Å². The molecule has 0 heterocycles. The summed E-state index contributed by atoms with van der Waals surface area (Å²) in [5.74, 6) is 1.20. The molecule has 0 aromatic heterocycles. The Morgan fingerprint density at radius 2 is 1.04 bits per heavy atom. The van der Waals surface area contributed by atoms with Gasteiger partial charge in [-0.2, -0.15) is 0 Å². The highest BCUT2D eigenvalue weighted by atomic mass is 16.5. The van der Waals surface area contributed by atoms with Crippen LogP contribution < -0.4 is 9.47 Å². The van der Waals surface area contributed by atoms with E-state index in [9.17, 15) is 19.2 Å². The van der Waals surface area contributed by atoms with E-state index in [4.69, 9.17) is 25.4 Å². The zero-order chi connectivity index (χ0) is 34.8. The van der Waals surface area contributed by atoms with Gasteiger partial charge in [-0.15, -0.1) is 6.42 Å². The normalized spacial score (nSPS) is 11.3. The van der Waals surface area contributed by atoms with E-state index in [0.717, 1.165) is 45.5 Å². The molecule has 246 valence electrons. The molecule has 0 radical (unpaired) electrons. The van der Waals surface area contributed by atoms with Crippen molar-refractivity contribution in [2.75, 3.05) is 13.2 Å². The molecule has 49 heavy (non-hydrogen) atoms. The van der Waals surface area contributed by atoms with Crippen molar-refractivity contribution in [1.82, 2.24) is 0 Å². The summed E-state index contributed by atoms with van der Waals surface area (Å²) in [6.45, 7) is 7.32. The lowest BCUT2D eigenvalue weighted by molar-refractivity contribution is -0.138. The van der Waals surface area contributed by atoms with Gasteiger partial charge in [-0.3, -0.25) is 0 Å². The van der Waals surface area contributed by atoms with Crippen LogP contribution in [0.2, 0.25) is 0 Å². The van der Waals surface area contributed by atoms with E-state index >= 15 is 0 Å². The summed E-state index contributed by atoms with van der Waals surface area (Å²) < 4.78 is 21.4. The molecule has 4 aromatic carbocycles. The van der Waals surface area contributed by atoms with Crippen LogP contribution in [0.3, 0.4) is 0 Å². The predicted molar refractivity (Wildman–Crippen MR) is 184 cm³/mol. The number of hydrogen-bond donors (Lipinski definition) is 0. The third kappa shape index (κ3) is 8.59. The highest BCUT2D eigenvalue weighted by Crippen LogP contribution is 2.47. The van der Waals surface area contributed by atoms with Gasteiger partial charge >= 0.3 is 23.9 Å². The third-order valence-electron chi connectivity index (χ3n) is 7.97. The number of carbonyl (C=O) groups is 4. The molecule has 1 aliphatic carbocycles. The smallest absolute Gasteiger partial charge is 0.343 e. The van der Waals surface area contributed by atoms with Crippen molar-refractivity contribution >= 4 is 23.9 Å². The summed E-state index contributed by atoms with van der Waals surface area (Å²) >= 11 is 0. The van der Waals surface area contributed by atoms with Gasteiger partial charge in [-0.05, 0) is 108 Å². The maximum Gasteiger partial charge on any atom is 0.343 e. The molecular weight excluding hydrogens is 620 g/mol. The Morgan fingerprint density at radius 3 is 1.41 bits per heavy atom. The number of esters is 4. The van der Waals surface area contributed by atoms with Crippen LogP contribution in [0.25, 0.3) is 11.1 Å². The molecule has 0 bridgehead atoms. The number of carbonyl (C=O) groups excluding carboxylic acids is 4. The summed E-state index contributed by atoms with van der Waals surface area (Å²) in [5.41, 5.74) is 6.24. The number of terminal acetylenes is 1. The van der Waals surface area contributed by atoms with Crippen molar-refractivity contribution in [2.24, 2.45) is 0 Å². The molecule has 8 nitrogen and oxygen atoms in total. The first-order valence-electron chi connectivity index (χ1n) is 15.7. The van der Waals surface area contributed by atoms with Gasteiger partial charge in [-0.25, -0.2) is 19.2 Å². The molecule has 4 aromatic rings. The van der Waals surface area contributed by atoms with Gasteiger partial charge in [0, 0.05) is 12.2 Å². The van der Waals surface area contributed by atoms with Crippen molar-refractivity contribution in [3.63, 3.8) is 0 Å². The van der Waals surface area contributed by atoms with Gasteiger partial charge < -0.3 is 18.9 Å². The number of fused-ring (bicyclic) bond motifs is 3. The fourth-order valence-electron chi connectivity index (χ4n) is 5.49. The predicted octanol–water partition coefficient (Wildman–Crippen LogP) is 7.19. The van der Waals surface area contributed by atoms with Crippen molar-refractivity contribution < 1.29 is 38.1 Å². The Kier molecular flexibility index (Phi) is 11.2. The van der Waals surface area contributed by atoms with E-state index in [-0.39, 0.29) is 13.2 Å². The number of rotatable bonds is 14. The molecule has 1 aliphatic rings. The second-order valence-corrected chi connectivity index (χ2v) is 11.2. The molecule has 0 unspecified atom stereocenters. The van der Waals surface area contributed by atoms with E-state index in [0.29, 0.717) is 48.3 Å². The van der Waals surface area contributed by atoms with Crippen molar-refractivity contribution in [3.05, 3.63) is 144 Å². The van der Waals surface area contributed by atoms with E-state index in [1.54, 1.807) is 48.5 Å². The lowest BCUT2D eigenvalue weighted by Crippen LogP contribution is -2.09. The number of benzene rings is 4. The Labute approximate surface area is 285 Å². The highest BCUT2D eigenvalue weighted by molar-refractivity contribution is 5.92. The van der Waals surface area contributed by atoms with Crippen molar-refractivity contribution in [1.29, 1.82) is 0 Å². The lowest BCUT2D eigenvalue weighted by atomic mass is 9.98. The molecule has 0 aliphatic heterocycles. The van der Waals surface area contributed by atoms with E-state index in [1.165, 1.54) is 0 Å². The molecule has 5 rings (SSSR count). The molecule has 0 saturated heterocycles. The Morgan fingerprint density at radius 1 is 0.633 bits per heavy atom. The lowest BCUT2D eigenvalue weighted by Gasteiger charge is -2.10. The van der Waals surface area contributed by atoms with Crippen molar-refractivity contribution in [3.8, 4) is 35.0 Å². The van der Waals surface area contributed by atoms with Crippen LogP contribution in [0.1, 0.15) is 61.7 Å². The van der Waals surface area contributed by atoms with Gasteiger partial charge in [0.05, 0.1) is 30.3 Å². The minimum atomic E-state index is -0.504. The zero-order valence-corrected chi connectivity index (χ0v) is 26.8. The van der Waals surface area contributed by atoms with E-state index < -0.39 is 29.8 Å². The van der Waals surface area contributed by atoms with E-state index in [1.807, 2.05) is 36.4 Å². The van der Waals surface area contributed by atoms with Gasteiger partial charge in [0.25, 0.3) is 0 Å². The first kappa shape index (κ1) is 34.1. The highest BCUT2D eigenvalue weighted by Gasteiger charge is 2.29. The quantitative estimate of drug-likeness (QED) is 0.0463. The summed E-state index contributed by atoms with van der Waals surface area (Å²) in [6.07, 6.45) is 10.9. The molecule has 0 N–H and O–H groups in total. The summed E-state index contributed by atoms with van der Waals surface area (Å²) in [7, 11) is 0. The zero-order valence-electron chi connectivity index (χ0n) is 26.8. The number of aryl methyl sites for hydroxylation is 2. The van der Waals surface area contributed by atoms with E-state index in [2.05, 4.69) is 19.1 Å². The number of ether oxygens (including phenoxy) is 4. The molecule has 0 fully saturated rings. The van der Waals surface area contributed by atoms with Crippen molar-refractivity contribution in [2.45, 2.75) is 31.6 Å². The SMILES string of the molecule is C#CC1c2cc(OC(=O)c3ccc(CCCOC(=O)C=C)cc3)ccc2-c2ccc(OC(=O)c3ccc(CCCOC(=O)C=C)cc3)cc21. The van der Waals surface area contributed by atoms with Crippen LogP contribution in [0.4, 0.5) is 0 Å². The molecular formula is C41H34O8. The molecule has 8 heteroatoms. The van der Waals surface area contributed by atoms with Crippen LogP contribution >= 0.6 is 0 Å². The van der Waals surface area contributed by atoms with Crippen LogP contribution in [0.15, 0.2) is 110 Å². The van der Waals surface area contributed by atoms with Crippen LogP contribution in [0, 0.1) is 12.3 Å². The standard InChI is InChI=1S/C41H34O8/c1-4-33-36-25-31(48-40(44)29-15-11-27(12-16-29)9-7-23-46-38(42)5-2)19-21-34(36)35-22-20-32(26-37(33)35)49-41(45)30-17-13-28(14-18-30)10-8-24-47-39(43)6-3/h1,5-6,11-22,25-26,33H,2-3,7-10,23-24H2. The topological polar surface area (TPSA) is 105 Å². The Balaban J connectivity index is 1.19. The summed E-state index contributed by atoms with van der Waals surface area (Å²) in [6, 6.07) is 24.9. The molecule has 0 amide bonds. The first-order valence-corrected chi connectivity index (χ1v) is 15.7. The Bertz CT molecular complexity index is 1790.